The van der Waals surface area contributed by atoms with Gasteiger partial charge < -0.3 is 9.64 Å². The van der Waals surface area contributed by atoms with Crippen LogP contribution in [0.2, 0.25) is 0 Å². The van der Waals surface area contributed by atoms with Gasteiger partial charge in [0.2, 0.25) is 5.91 Å². The highest BCUT2D eigenvalue weighted by Gasteiger charge is 2.26. The van der Waals surface area contributed by atoms with Crippen LogP contribution < -0.4 is 0 Å². The first-order chi connectivity index (χ1) is 11.1. The van der Waals surface area contributed by atoms with Crippen molar-refractivity contribution in [2.45, 2.75) is 19.8 Å². The number of hydrogen-bond acceptors (Lipinski definition) is 3. The minimum atomic E-state index is -0.141. The number of halogens is 1. The molecule has 0 N–H and O–H groups in total. The van der Waals surface area contributed by atoms with Crippen LogP contribution in [0.5, 0.6) is 0 Å². The fourth-order valence-corrected chi connectivity index (χ4v) is 3.49. The van der Waals surface area contributed by atoms with Gasteiger partial charge in [-0.05, 0) is 49.4 Å². The smallest absolute Gasteiger partial charge is 0.236 e. The number of hydrogen-bond donors (Lipinski definition) is 0. The fraction of sp³-hybridized carbons (Fsp3) is 0.611. The molecule has 1 aromatic rings. The normalized spacial score (nSPS) is 22.5. The van der Waals surface area contributed by atoms with Crippen LogP contribution in [-0.2, 0) is 16.0 Å². The van der Waals surface area contributed by atoms with Gasteiger partial charge >= 0.3 is 0 Å². The Balaban J connectivity index is 1.48. The van der Waals surface area contributed by atoms with Gasteiger partial charge in [0.05, 0.1) is 19.8 Å². The lowest BCUT2D eigenvalue weighted by molar-refractivity contribution is -0.136. The van der Waals surface area contributed by atoms with Crippen LogP contribution in [0, 0.1) is 18.7 Å². The quantitative estimate of drug-likeness (QED) is 0.849. The second kappa shape index (κ2) is 7.41. The van der Waals surface area contributed by atoms with E-state index in [1.165, 1.54) is 5.56 Å². The standard InChI is InChI=1S/C18H25FN2O2/c1-14-10-15(2-3-17(14)19)11-16-4-5-20(12-16)13-18(22)21-6-8-23-9-7-21/h2-3,10,16H,4-9,11-13H2,1H3. The molecule has 0 bridgehead atoms. The van der Waals surface area contributed by atoms with E-state index in [9.17, 15) is 9.18 Å². The molecule has 0 aliphatic carbocycles. The Hall–Kier alpha value is -1.46. The molecule has 4 nitrogen and oxygen atoms in total. The Kier molecular flexibility index (Phi) is 5.28. The maximum absolute atomic E-state index is 13.3. The molecule has 2 fully saturated rings. The van der Waals surface area contributed by atoms with Crippen molar-refractivity contribution in [1.29, 1.82) is 0 Å². The van der Waals surface area contributed by atoms with Gasteiger partial charge in [-0.15, -0.1) is 0 Å². The molecule has 0 radical (unpaired) electrons. The predicted octanol–water partition coefficient (Wildman–Crippen LogP) is 1.86. The number of nitrogens with zero attached hydrogens (tertiary/aromatic N) is 2. The lowest BCUT2D eigenvalue weighted by Crippen LogP contribution is -2.45. The van der Waals surface area contributed by atoms with E-state index in [1.54, 1.807) is 13.0 Å². The molecule has 2 aliphatic heterocycles. The van der Waals surface area contributed by atoms with Crippen LogP contribution in [0.1, 0.15) is 17.5 Å². The van der Waals surface area contributed by atoms with E-state index in [2.05, 4.69) is 4.90 Å². The molecule has 1 atom stereocenters. The molecular formula is C18H25FN2O2. The number of benzene rings is 1. The molecule has 0 spiro atoms. The van der Waals surface area contributed by atoms with Gasteiger partial charge in [0, 0.05) is 19.6 Å². The molecule has 5 heteroatoms. The summed E-state index contributed by atoms with van der Waals surface area (Å²) in [6, 6.07) is 5.38. The number of amides is 1. The summed E-state index contributed by atoms with van der Waals surface area (Å²) in [5.74, 6) is 0.627. The molecule has 2 saturated heterocycles. The average Bonchev–Trinajstić information content (AvgIpc) is 2.99. The molecule has 0 saturated carbocycles. The number of rotatable bonds is 4. The summed E-state index contributed by atoms with van der Waals surface area (Å²) < 4.78 is 18.6. The average molecular weight is 320 g/mol. The van der Waals surface area contributed by atoms with Crippen LogP contribution in [0.15, 0.2) is 18.2 Å². The maximum atomic E-state index is 13.3. The number of likely N-dealkylation sites (tertiary alicyclic amines) is 1. The van der Waals surface area contributed by atoms with Gasteiger partial charge in [-0.2, -0.15) is 0 Å². The highest BCUT2D eigenvalue weighted by molar-refractivity contribution is 5.78. The maximum Gasteiger partial charge on any atom is 0.236 e. The molecule has 2 heterocycles. The van der Waals surface area contributed by atoms with Crippen molar-refractivity contribution < 1.29 is 13.9 Å². The van der Waals surface area contributed by atoms with E-state index >= 15 is 0 Å². The molecule has 3 rings (SSSR count). The van der Waals surface area contributed by atoms with Crippen molar-refractivity contribution in [2.75, 3.05) is 45.9 Å². The number of carbonyl (C=O) groups is 1. The molecule has 1 amide bonds. The molecule has 2 aliphatic rings. The Morgan fingerprint density at radius 1 is 1.30 bits per heavy atom. The van der Waals surface area contributed by atoms with Gasteiger partial charge in [0.15, 0.2) is 0 Å². The van der Waals surface area contributed by atoms with Crippen LogP contribution in [0.3, 0.4) is 0 Å². The Morgan fingerprint density at radius 2 is 2.09 bits per heavy atom. The molecule has 1 unspecified atom stereocenters. The predicted molar refractivity (Wildman–Crippen MR) is 86.8 cm³/mol. The highest BCUT2D eigenvalue weighted by atomic mass is 19.1. The number of morpholine rings is 1. The summed E-state index contributed by atoms with van der Waals surface area (Å²) in [6.07, 6.45) is 2.07. The number of aryl methyl sites for hydroxylation is 1. The van der Waals surface area contributed by atoms with Gasteiger partial charge in [-0.25, -0.2) is 4.39 Å². The van der Waals surface area contributed by atoms with E-state index < -0.39 is 0 Å². The molecule has 0 aromatic heterocycles. The minimum absolute atomic E-state index is 0.141. The van der Waals surface area contributed by atoms with Gasteiger partial charge in [-0.3, -0.25) is 9.69 Å². The largest absolute Gasteiger partial charge is 0.378 e. The highest BCUT2D eigenvalue weighted by Crippen LogP contribution is 2.22. The zero-order valence-corrected chi connectivity index (χ0v) is 13.8. The summed E-state index contributed by atoms with van der Waals surface area (Å²) >= 11 is 0. The van der Waals surface area contributed by atoms with Crippen molar-refractivity contribution in [3.63, 3.8) is 0 Å². The van der Waals surface area contributed by atoms with E-state index in [4.69, 9.17) is 4.74 Å². The van der Waals surface area contributed by atoms with E-state index in [0.29, 0.717) is 44.3 Å². The van der Waals surface area contributed by atoms with Crippen LogP contribution in [-0.4, -0.2) is 61.6 Å². The Labute approximate surface area is 137 Å². The third-order valence-electron chi connectivity index (χ3n) is 4.84. The van der Waals surface area contributed by atoms with Gasteiger partial charge in [0.1, 0.15) is 5.82 Å². The zero-order chi connectivity index (χ0) is 16.2. The van der Waals surface area contributed by atoms with E-state index in [-0.39, 0.29) is 11.7 Å². The van der Waals surface area contributed by atoms with Gasteiger partial charge in [-0.1, -0.05) is 12.1 Å². The summed E-state index contributed by atoms with van der Waals surface area (Å²) in [6.45, 7) is 6.97. The SMILES string of the molecule is Cc1cc(CC2CCN(CC(=O)N3CCOCC3)C2)ccc1F. The van der Waals surface area contributed by atoms with E-state index in [0.717, 1.165) is 25.9 Å². The first-order valence-corrected chi connectivity index (χ1v) is 8.45. The summed E-state index contributed by atoms with van der Waals surface area (Å²) in [7, 11) is 0. The first kappa shape index (κ1) is 16.4. The Bertz CT molecular complexity index is 558. The molecular weight excluding hydrogens is 295 g/mol. The van der Waals surface area contributed by atoms with Crippen LogP contribution in [0.4, 0.5) is 4.39 Å². The second-order valence-electron chi connectivity index (χ2n) is 6.67. The van der Waals surface area contributed by atoms with Crippen LogP contribution >= 0.6 is 0 Å². The third kappa shape index (κ3) is 4.30. The molecule has 1 aromatic carbocycles. The fourth-order valence-electron chi connectivity index (χ4n) is 3.49. The lowest BCUT2D eigenvalue weighted by atomic mass is 9.97. The molecule has 126 valence electrons. The van der Waals surface area contributed by atoms with Crippen molar-refractivity contribution >= 4 is 5.91 Å². The van der Waals surface area contributed by atoms with Crippen molar-refractivity contribution in [1.82, 2.24) is 9.80 Å². The summed E-state index contributed by atoms with van der Waals surface area (Å²) in [5, 5.41) is 0. The zero-order valence-electron chi connectivity index (χ0n) is 13.8. The second-order valence-corrected chi connectivity index (χ2v) is 6.67. The van der Waals surface area contributed by atoms with Crippen molar-refractivity contribution in [3.05, 3.63) is 35.1 Å². The number of carbonyl (C=O) groups excluding carboxylic acids is 1. The monoisotopic (exact) mass is 320 g/mol. The number of ether oxygens (including phenoxy) is 1. The minimum Gasteiger partial charge on any atom is -0.378 e. The first-order valence-electron chi connectivity index (χ1n) is 8.45. The molecule has 23 heavy (non-hydrogen) atoms. The van der Waals surface area contributed by atoms with Crippen molar-refractivity contribution in [3.8, 4) is 0 Å². The Morgan fingerprint density at radius 3 is 2.83 bits per heavy atom. The third-order valence-corrected chi connectivity index (χ3v) is 4.84. The van der Waals surface area contributed by atoms with Crippen LogP contribution in [0.25, 0.3) is 0 Å². The topological polar surface area (TPSA) is 32.8 Å². The summed E-state index contributed by atoms with van der Waals surface area (Å²) in [4.78, 5) is 16.4. The van der Waals surface area contributed by atoms with Crippen molar-refractivity contribution in [2.24, 2.45) is 5.92 Å². The van der Waals surface area contributed by atoms with E-state index in [1.807, 2.05) is 17.0 Å². The summed E-state index contributed by atoms with van der Waals surface area (Å²) in [5.41, 5.74) is 1.90. The lowest BCUT2D eigenvalue weighted by Gasteiger charge is -2.28. The van der Waals surface area contributed by atoms with Gasteiger partial charge in [0.25, 0.3) is 0 Å².